The summed E-state index contributed by atoms with van der Waals surface area (Å²) in [6.07, 6.45) is 6.14. The number of likely N-dealkylation sites (N-methyl/N-ethyl adjacent to an activating group) is 1. The number of nitrogens with zero attached hydrogens (tertiary/aromatic N) is 7. The lowest BCUT2D eigenvalue weighted by Crippen LogP contribution is -2.38. The Morgan fingerprint density at radius 3 is 2.62 bits per heavy atom. The summed E-state index contributed by atoms with van der Waals surface area (Å²) in [4.78, 5) is 24.4. The predicted molar refractivity (Wildman–Crippen MR) is 101 cm³/mol. The molecule has 1 atom stereocenters. The summed E-state index contributed by atoms with van der Waals surface area (Å²) in [6.45, 7) is 4.88. The first kappa shape index (κ1) is 17.2. The highest BCUT2D eigenvalue weighted by atomic mass is 35.5. The van der Waals surface area contributed by atoms with Crippen molar-refractivity contribution in [2.75, 3.05) is 61.1 Å². The Balaban J connectivity index is 1.44. The monoisotopic (exact) mass is 375 g/mol. The maximum Gasteiger partial charge on any atom is 0.227 e. The second-order valence-corrected chi connectivity index (χ2v) is 6.95. The fourth-order valence-electron chi connectivity index (χ4n) is 3.35. The van der Waals surface area contributed by atoms with Crippen molar-refractivity contribution >= 4 is 29.3 Å². The molecule has 8 nitrogen and oxygen atoms in total. The summed E-state index contributed by atoms with van der Waals surface area (Å²) >= 11 is 5.88. The van der Waals surface area contributed by atoms with Crippen molar-refractivity contribution in [2.24, 2.45) is 0 Å². The van der Waals surface area contributed by atoms with Gasteiger partial charge in [-0.1, -0.05) is 11.6 Å². The Morgan fingerprint density at radius 2 is 1.85 bits per heavy atom. The Bertz CT molecular complexity index is 738. The van der Waals surface area contributed by atoms with E-state index in [9.17, 15) is 0 Å². The minimum absolute atomic E-state index is 0.349. The maximum atomic E-state index is 5.88. The van der Waals surface area contributed by atoms with Gasteiger partial charge in [-0.15, -0.1) is 0 Å². The van der Waals surface area contributed by atoms with E-state index in [2.05, 4.69) is 36.7 Å². The second kappa shape index (κ2) is 7.59. The molecule has 9 heteroatoms. The van der Waals surface area contributed by atoms with Gasteiger partial charge in [-0.3, -0.25) is 0 Å². The summed E-state index contributed by atoms with van der Waals surface area (Å²) < 4.78 is 5.41. The summed E-state index contributed by atoms with van der Waals surface area (Å²) in [5.41, 5.74) is 0. The molecule has 0 spiro atoms. The first-order valence-corrected chi connectivity index (χ1v) is 9.19. The predicted octanol–water partition coefficient (Wildman–Crippen LogP) is 1.47. The number of hydrogen-bond acceptors (Lipinski definition) is 8. The average Bonchev–Trinajstić information content (AvgIpc) is 3.19. The van der Waals surface area contributed by atoms with E-state index in [4.69, 9.17) is 21.3 Å². The van der Waals surface area contributed by atoms with Crippen molar-refractivity contribution < 1.29 is 4.74 Å². The van der Waals surface area contributed by atoms with Crippen molar-refractivity contribution in [3.8, 4) is 0 Å². The van der Waals surface area contributed by atoms with Gasteiger partial charge in [0.2, 0.25) is 11.9 Å². The van der Waals surface area contributed by atoms with Crippen LogP contribution >= 0.6 is 11.6 Å². The van der Waals surface area contributed by atoms with E-state index in [1.54, 1.807) is 12.4 Å². The number of morpholine rings is 1. The SMILES string of the molecule is CN(c1ccnc(N2CCOCC2)n1)C1CCN(c2ncc(Cl)cn2)C1. The van der Waals surface area contributed by atoms with Crippen LogP contribution in [0.15, 0.2) is 24.7 Å². The summed E-state index contributed by atoms with van der Waals surface area (Å²) in [7, 11) is 2.09. The molecule has 0 saturated carbocycles. The zero-order valence-corrected chi connectivity index (χ0v) is 15.5. The van der Waals surface area contributed by atoms with Gasteiger partial charge < -0.3 is 19.4 Å². The van der Waals surface area contributed by atoms with Crippen LogP contribution in [0.1, 0.15) is 6.42 Å². The molecule has 2 aliphatic rings. The van der Waals surface area contributed by atoms with E-state index in [1.807, 2.05) is 12.3 Å². The lowest BCUT2D eigenvalue weighted by molar-refractivity contribution is 0.122. The van der Waals surface area contributed by atoms with E-state index in [1.165, 1.54) is 0 Å². The Hall–Kier alpha value is -2.19. The van der Waals surface area contributed by atoms with Crippen LogP contribution in [0.4, 0.5) is 17.7 Å². The molecule has 0 amide bonds. The molecule has 0 bridgehead atoms. The van der Waals surface area contributed by atoms with Crippen LogP contribution < -0.4 is 14.7 Å². The van der Waals surface area contributed by atoms with Crippen molar-refractivity contribution in [1.82, 2.24) is 19.9 Å². The molecule has 1 unspecified atom stereocenters. The van der Waals surface area contributed by atoms with Crippen LogP contribution in [0.3, 0.4) is 0 Å². The molecular formula is C17H22ClN7O. The zero-order chi connectivity index (χ0) is 17.9. The highest BCUT2D eigenvalue weighted by Crippen LogP contribution is 2.24. The molecular weight excluding hydrogens is 354 g/mol. The number of rotatable bonds is 4. The van der Waals surface area contributed by atoms with Gasteiger partial charge in [0, 0.05) is 45.5 Å². The van der Waals surface area contributed by atoms with Gasteiger partial charge in [0.15, 0.2) is 0 Å². The van der Waals surface area contributed by atoms with Crippen LogP contribution in [-0.4, -0.2) is 72.4 Å². The quantitative estimate of drug-likeness (QED) is 0.795. The molecule has 2 aromatic heterocycles. The molecule has 2 saturated heterocycles. The third-order valence-electron chi connectivity index (χ3n) is 4.88. The Morgan fingerprint density at radius 1 is 1.08 bits per heavy atom. The van der Waals surface area contributed by atoms with E-state index in [0.29, 0.717) is 11.1 Å². The minimum atomic E-state index is 0.349. The van der Waals surface area contributed by atoms with Gasteiger partial charge in [-0.2, -0.15) is 4.98 Å². The molecule has 4 heterocycles. The number of hydrogen-bond donors (Lipinski definition) is 0. The molecule has 0 aliphatic carbocycles. The van der Waals surface area contributed by atoms with Crippen LogP contribution in [-0.2, 0) is 4.74 Å². The summed E-state index contributed by atoms with van der Waals surface area (Å²) in [5.74, 6) is 2.43. The van der Waals surface area contributed by atoms with Crippen LogP contribution in [0, 0.1) is 0 Å². The molecule has 2 fully saturated rings. The van der Waals surface area contributed by atoms with Gasteiger partial charge in [0.25, 0.3) is 0 Å². The molecule has 0 radical (unpaired) electrons. The largest absolute Gasteiger partial charge is 0.378 e. The smallest absolute Gasteiger partial charge is 0.227 e. The van der Waals surface area contributed by atoms with E-state index in [-0.39, 0.29) is 0 Å². The van der Waals surface area contributed by atoms with Crippen molar-refractivity contribution in [2.45, 2.75) is 12.5 Å². The van der Waals surface area contributed by atoms with E-state index in [0.717, 1.165) is 63.5 Å². The van der Waals surface area contributed by atoms with Gasteiger partial charge >= 0.3 is 0 Å². The molecule has 0 aromatic carbocycles. The molecule has 0 N–H and O–H groups in total. The number of aromatic nitrogens is 4. The highest BCUT2D eigenvalue weighted by molar-refractivity contribution is 6.30. The highest BCUT2D eigenvalue weighted by Gasteiger charge is 2.28. The van der Waals surface area contributed by atoms with Crippen LogP contribution in [0.2, 0.25) is 5.02 Å². The lowest BCUT2D eigenvalue weighted by atomic mass is 10.2. The standard InChI is InChI=1S/C17H22ClN7O/c1-23(14-3-5-25(12-14)16-20-10-13(18)11-21-16)15-2-4-19-17(22-15)24-6-8-26-9-7-24/h2,4,10-11,14H,3,5-9,12H2,1H3. The normalized spacial score (nSPS) is 20.5. The van der Waals surface area contributed by atoms with Gasteiger partial charge in [-0.05, 0) is 12.5 Å². The number of halogens is 1. The van der Waals surface area contributed by atoms with Gasteiger partial charge in [0.05, 0.1) is 30.6 Å². The first-order valence-electron chi connectivity index (χ1n) is 8.82. The fourth-order valence-corrected chi connectivity index (χ4v) is 3.44. The van der Waals surface area contributed by atoms with Gasteiger partial charge in [0.1, 0.15) is 5.82 Å². The lowest BCUT2D eigenvalue weighted by Gasteiger charge is -2.29. The second-order valence-electron chi connectivity index (χ2n) is 6.51. The van der Waals surface area contributed by atoms with Crippen molar-refractivity contribution in [1.29, 1.82) is 0 Å². The van der Waals surface area contributed by atoms with E-state index >= 15 is 0 Å². The van der Waals surface area contributed by atoms with Crippen LogP contribution in [0.25, 0.3) is 0 Å². The molecule has 26 heavy (non-hydrogen) atoms. The van der Waals surface area contributed by atoms with Crippen molar-refractivity contribution in [3.05, 3.63) is 29.7 Å². The molecule has 138 valence electrons. The Kier molecular flexibility index (Phi) is 5.03. The molecule has 2 aliphatic heterocycles. The topological polar surface area (TPSA) is 70.5 Å². The van der Waals surface area contributed by atoms with E-state index < -0.39 is 0 Å². The van der Waals surface area contributed by atoms with Crippen LogP contribution in [0.5, 0.6) is 0 Å². The fraction of sp³-hybridized carbons (Fsp3) is 0.529. The average molecular weight is 376 g/mol. The first-order chi connectivity index (χ1) is 12.7. The molecule has 2 aromatic rings. The zero-order valence-electron chi connectivity index (χ0n) is 14.8. The Labute approximate surface area is 157 Å². The molecule has 4 rings (SSSR count). The summed E-state index contributed by atoms with van der Waals surface area (Å²) in [5, 5.41) is 0.554. The minimum Gasteiger partial charge on any atom is -0.378 e. The number of ether oxygens (including phenoxy) is 1. The van der Waals surface area contributed by atoms with Crippen molar-refractivity contribution in [3.63, 3.8) is 0 Å². The van der Waals surface area contributed by atoms with Gasteiger partial charge in [-0.25, -0.2) is 15.0 Å². The third-order valence-corrected chi connectivity index (χ3v) is 5.08. The maximum absolute atomic E-state index is 5.88. The third kappa shape index (κ3) is 3.66. The summed E-state index contributed by atoms with van der Waals surface area (Å²) in [6, 6.07) is 2.31. The number of anilines is 3.